The number of hydrogen-bond donors (Lipinski definition) is 1. The van der Waals surface area contributed by atoms with Gasteiger partial charge < -0.3 is 9.72 Å². The number of nitrogens with one attached hydrogen (secondary N) is 1. The molecule has 0 aliphatic carbocycles. The summed E-state index contributed by atoms with van der Waals surface area (Å²) >= 11 is 0. The van der Waals surface area contributed by atoms with Crippen LogP contribution in [-0.4, -0.2) is 22.7 Å². The zero-order chi connectivity index (χ0) is 11.8. The Kier molecular flexibility index (Phi) is 2.55. The van der Waals surface area contributed by atoms with Gasteiger partial charge in [0.1, 0.15) is 5.82 Å². The summed E-state index contributed by atoms with van der Waals surface area (Å²) in [5, 5.41) is 0. The van der Waals surface area contributed by atoms with E-state index >= 15 is 0 Å². The normalized spacial score (nSPS) is 20.2. The second-order valence-corrected chi connectivity index (χ2v) is 4.31. The van der Waals surface area contributed by atoms with E-state index in [1.54, 1.807) is 0 Å². The van der Waals surface area contributed by atoms with Crippen LogP contribution in [0.2, 0.25) is 0 Å². The molecular formula is C12H12F2N2O. The van der Waals surface area contributed by atoms with Crippen molar-refractivity contribution in [3.8, 4) is 0 Å². The van der Waals surface area contributed by atoms with Gasteiger partial charge in [0.05, 0.1) is 17.1 Å². The van der Waals surface area contributed by atoms with E-state index in [-0.39, 0.29) is 6.10 Å². The first-order valence-electron chi connectivity index (χ1n) is 5.67. The van der Waals surface area contributed by atoms with E-state index in [0.717, 1.165) is 37.4 Å². The van der Waals surface area contributed by atoms with Crippen molar-refractivity contribution in [3.63, 3.8) is 0 Å². The fraction of sp³-hybridized carbons (Fsp3) is 0.417. The molecule has 0 radical (unpaired) electrons. The smallest absolute Gasteiger partial charge is 0.161 e. The standard InChI is InChI=1S/C12H12F2N2O/c13-8-5-10-11(6-9(8)14)16-12(15-10)4-7-2-1-3-17-7/h5-7H,1-4H2,(H,15,16). The number of H-pyrrole nitrogens is 1. The van der Waals surface area contributed by atoms with E-state index in [2.05, 4.69) is 9.97 Å². The maximum absolute atomic E-state index is 13.0. The van der Waals surface area contributed by atoms with Crippen LogP contribution < -0.4 is 0 Å². The molecule has 1 fully saturated rings. The van der Waals surface area contributed by atoms with Gasteiger partial charge in [-0.25, -0.2) is 13.8 Å². The number of halogens is 2. The van der Waals surface area contributed by atoms with Gasteiger partial charge in [-0.3, -0.25) is 0 Å². The largest absolute Gasteiger partial charge is 0.378 e. The molecule has 0 saturated carbocycles. The number of nitrogens with zero attached hydrogens (tertiary/aromatic N) is 1. The van der Waals surface area contributed by atoms with Gasteiger partial charge in [-0.2, -0.15) is 0 Å². The van der Waals surface area contributed by atoms with Crippen LogP contribution >= 0.6 is 0 Å². The third kappa shape index (κ3) is 2.02. The summed E-state index contributed by atoms with van der Waals surface area (Å²) in [7, 11) is 0. The second-order valence-electron chi connectivity index (χ2n) is 4.31. The summed E-state index contributed by atoms with van der Waals surface area (Å²) in [6, 6.07) is 2.25. The number of aromatic nitrogens is 2. The Hall–Kier alpha value is -1.49. The van der Waals surface area contributed by atoms with Crippen molar-refractivity contribution in [2.75, 3.05) is 6.61 Å². The lowest BCUT2D eigenvalue weighted by molar-refractivity contribution is 0.110. The average Bonchev–Trinajstić information content (AvgIpc) is 2.89. The summed E-state index contributed by atoms with van der Waals surface area (Å²) in [5.41, 5.74) is 0.980. The highest BCUT2D eigenvalue weighted by Crippen LogP contribution is 2.20. The molecule has 5 heteroatoms. The Morgan fingerprint density at radius 2 is 2.18 bits per heavy atom. The Morgan fingerprint density at radius 3 is 2.94 bits per heavy atom. The summed E-state index contributed by atoms with van der Waals surface area (Å²) in [4.78, 5) is 7.23. The van der Waals surface area contributed by atoms with Gasteiger partial charge in [-0.1, -0.05) is 0 Å². The molecule has 1 aromatic carbocycles. The van der Waals surface area contributed by atoms with Crippen molar-refractivity contribution in [1.29, 1.82) is 0 Å². The van der Waals surface area contributed by atoms with Crippen molar-refractivity contribution in [1.82, 2.24) is 9.97 Å². The van der Waals surface area contributed by atoms with Crippen LogP contribution in [0, 0.1) is 11.6 Å². The van der Waals surface area contributed by atoms with Gasteiger partial charge >= 0.3 is 0 Å². The Labute approximate surface area is 96.8 Å². The van der Waals surface area contributed by atoms with Gasteiger partial charge in [0.2, 0.25) is 0 Å². The molecule has 2 heterocycles. The average molecular weight is 238 g/mol. The molecule has 3 nitrogen and oxygen atoms in total. The fourth-order valence-corrected chi connectivity index (χ4v) is 2.18. The van der Waals surface area contributed by atoms with Crippen LogP contribution in [0.25, 0.3) is 11.0 Å². The van der Waals surface area contributed by atoms with Crippen LogP contribution in [0.3, 0.4) is 0 Å². The summed E-state index contributed by atoms with van der Waals surface area (Å²) in [5.74, 6) is -1.01. The van der Waals surface area contributed by atoms with Gasteiger partial charge in [0, 0.05) is 25.2 Å². The van der Waals surface area contributed by atoms with E-state index in [1.165, 1.54) is 0 Å². The lowest BCUT2D eigenvalue weighted by atomic mass is 10.2. The molecule has 1 atom stereocenters. The number of benzene rings is 1. The Bertz CT molecular complexity index is 508. The maximum atomic E-state index is 13.0. The number of ether oxygens (including phenoxy) is 1. The molecule has 0 spiro atoms. The molecule has 0 bridgehead atoms. The van der Waals surface area contributed by atoms with Crippen molar-refractivity contribution >= 4 is 11.0 Å². The molecule has 2 aromatic rings. The third-order valence-corrected chi connectivity index (χ3v) is 3.02. The Balaban J connectivity index is 1.90. The number of rotatable bonds is 2. The third-order valence-electron chi connectivity index (χ3n) is 3.02. The molecule has 0 amide bonds. The molecule has 1 saturated heterocycles. The van der Waals surface area contributed by atoms with Crippen LogP contribution in [0.15, 0.2) is 12.1 Å². The molecule has 1 N–H and O–H groups in total. The van der Waals surface area contributed by atoms with E-state index in [4.69, 9.17) is 4.74 Å². The van der Waals surface area contributed by atoms with Crippen molar-refractivity contribution in [2.45, 2.75) is 25.4 Å². The van der Waals surface area contributed by atoms with Gasteiger partial charge in [0.25, 0.3) is 0 Å². The van der Waals surface area contributed by atoms with Crippen molar-refractivity contribution < 1.29 is 13.5 Å². The minimum Gasteiger partial charge on any atom is -0.378 e. The van der Waals surface area contributed by atoms with Crippen LogP contribution in [0.1, 0.15) is 18.7 Å². The van der Waals surface area contributed by atoms with Gasteiger partial charge in [0.15, 0.2) is 11.6 Å². The molecule has 1 aromatic heterocycles. The zero-order valence-corrected chi connectivity index (χ0v) is 9.17. The quantitative estimate of drug-likeness (QED) is 0.873. The van der Waals surface area contributed by atoms with Gasteiger partial charge in [-0.15, -0.1) is 0 Å². The van der Waals surface area contributed by atoms with Crippen LogP contribution in [0.4, 0.5) is 8.78 Å². The molecule has 1 aliphatic rings. The van der Waals surface area contributed by atoms with E-state index in [0.29, 0.717) is 17.5 Å². The molecular weight excluding hydrogens is 226 g/mol. The number of aromatic amines is 1. The first kappa shape index (κ1) is 10.7. The molecule has 3 rings (SSSR count). The SMILES string of the molecule is Fc1cc2nc(CC3CCCO3)[nH]c2cc1F. The number of imidazole rings is 1. The van der Waals surface area contributed by atoms with Crippen molar-refractivity contribution in [3.05, 3.63) is 29.6 Å². The topological polar surface area (TPSA) is 37.9 Å². The number of fused-ring (bicyclic) bond motifs is 1. The van der Waals surface area contributed by atoms with E-state index < -0.39 is 11.6 Å². The predicted octanol–water partition coefficient (Wildman–Crippen LogP) is 2.56. The molecule has 90 valence electrons. The van der Waals surface area contributed by atoms with Crippen LogP contribution in [-0.2, 0) is 11.2 Å². The minimum absolute atomic E-state index is 0.172. The highest BCUT2D eigenvalue weighted by molar-refractivity contribution is 5.75. The van der Waals surface area contributed by atoms with Crippen molar-refractivity contribution in [2.24, 2.45) is 0 Å². The second kappa shape index (κ2) is 4.07. The lowest BCUT2D eigenvalue weighted by Gasteiger charge is -2.05. The lowest BCUT2D eigenvalue weighted by Crippen LogP contribution is -2.09. The summed E-state index contributed by atoms with van der Waals surface area (Å²) in [6.45, 7) is 0.786. The van der Waals surface area contributed by atoms with Gasteiger partial charge in [-0.05, 0) is 12.8 Å². The number of hydrogen-bond acceptors (Lipinski definition) is 2. The highest BCUT2D eigenvalue weighted by atomic mass is 19.2. The summed E-state index contributed by atoms with van der Waals surface area (Å²) in [6.07, 6.45) is 2.91. The highest BCUT2D eigenvalue weighted by Gasteiger charge is 2.18. The molecule has 17 heavy (non-hydrogen) atoms. The monoisotopic (exact) mass is 238 g/mol. The zero-order valence-electron chi connectivity index (χ0n) is 9.17. The minimum atomic E-state index is -0.868. The van der Waals surface area contributed by atoms with E-state index in [1.807, 2.05) is 0 Å². The first-order chi connectivity index (χ1) is 8.22. The molecule has 1 unspecified atom stereocenters. The summed E-state index contributed by atoms with van der Waals surface area (Å²) < 4.78 is 31.5. The van der Waals surface area contributed by atoms with E-state index in [9.17, 15) is 8.78 Å². The Morgan fingerprint density at radius 1 is 1.35 bits per heavy atom. The molecule has 1 aliphatic heterocycles. The maximum Gasteiger partial charge on any atom is 0.161 e. The predicted molar refractivity (Wildman–Crippen MR) is 58.7 cm³/mol. The fourth-order valence-electron chi connectivity index (χ4n) is 2.18. The first-order valence-corrected chi connectivity index (χ1v) is 5.67. The van der Waals surface area contributed by atoms with Crippen LogP contribution in [0.5, 0.6) is 0 Å².